The Labute approximate surface area is 96.5 Å². The Morgan fingerprint density at radius 3 is 2.47 bits per heavy atom. The smallest absolute Gasteiger partial charge is 0.334 e. The van der Waals surface area contributed by atoms with Gasteiger partial charge in [0.2, 0.25) is 0 Å². The maximum Gasteiger partial charge on any atom is 0.334 e. The molecule has 0 aliphatic rings. The summed E-state index contributed by atoms with van der Waals surface area (Å²) >= 11 is 0. The van der Waals surface area contributed by atoms with Crippen LogP contribution < -0.4 is 22.7 Å². The zero-order chi connectivity index (χ0) is 12.6. The van der Waals surface area contributed by atoms with Gasteiger partial charge >= 0.3 is 5.69 Å². The van der Waals surface area contributed by atoms with E-state index < -0.39 is 11.2 Å². The lowest BCUT2D eigenvalue weighted by Gasteiger charge is -2.12. The van der Waals surface area contributed by atoms with Gasteiger partial charge in [-0.05, 0) is 18.6 Å². The Hall–Kier alpha value is -2.50. The zero-order valence-corrected chi connectivity index (χ0v) is 9.23. The van der Waals surface area contributed by atoms with Crippen molar-refractivity contribution in [2.45, 2.75) is 6.92 Å². The van der Waals surface area contributed by atoms with Crippen molar-refractivity contribution in [3.63, 3.8) is 0 Å². The van der Waals surface area contributed by atoms with Crippen LogP contribution in [-0.4, -0.2) is 9.55 Å². The lowest BCUT2D eigenvalue weighted by molar-refractivity contribution is 0.906. The summed E-state index contributed by atoms with van der Waals surface area (Å²) in [6.07, 6.45) is 0. The van der Waals surface area contributed by atoms with Crippen molar-refractivity contribution in [1.29, 1.82) is 0 Å². The number of H-pyrrole nitrogens is 1. The first-order valence-corrected chi connectivity index (χ1v) is 4.98. The van der Waals surface area contributed by atoms with Gasteiger partial charge in [-0.25, -0.2) is 9.36 Å². The number of aromatic amines is 1. The molecule has 0 bridgehead atoms. The number of hydrogen-bond donors (Lipinski definition) is 3. The van der Waals surface area contributed by atoms with Gasteiger partial charge in [0, 0.05) is 0 Å². The largest absolute Gasteiger partial charge is 0.391 e. The predicted octanol–water partition coefficient (Wildman–Crippen LogP) is -0.00138. The van der Waals surface area contributed by atoms with Gasteiger partial charge in [-0.15, -0.1) is 0 Å². The average molecular weight is 232 g/mol. The molecule has 88 valence electrons. The molecule has 2 aromatic rings. The highest BCUT2D eigenvalue weighted by Crippen LogP contribution is 2.16. The summed E-state index contributed by atoms with van der Waals surface area (Å²) in [7, 11) is 0. The second-order valence-electron chi connectivity index (χ2n) is 3.68. The first-order chi connectivity index (χ1) is 8.02. The summed E-state index contributed by atoms with van der Waals surface area (Å²) in [5, 5.41) is 0. The van der Waals surface area contributed by atoms with Crippen LogP contribution in [0.25, 0.3) is 5.69 Å². The van der Waals surface area contributed by atoms with Crippen LogP contribution in [0.3, 0.4) is 0 Å². The molecule has 2 rings (SSSR count). The number of benzene rings is 1. The molecule has 0 amide bonds. The van der Waals surface area contributed by atoms with Gasteiger partial charge in [-0.3, -0.25) is 9.78 Å². The number of nitrogen functional groups attached to an aromatic ring is 2. The topological polar surface area (TPSA) is 107 Å². The van der Waals surface area contributed by atoms with Crippen molar-refractivity contribution in [1.82, 2.24) is 9.55 Å². The Morgan fingerprint density at radius 1 is 1.18 bits per heavy atom. The molecule has 17 heavy (non-hydrogen) atoms. The third kappa shape index (κ3) is 1.69. The SMILES string of the molecule is Cc1ccccc1-n1c(N)c(N)c(=O)[nH]c1=O. The van der Waals surface area contributed by atoms with Crippen LogP contribution in [0.5, 0.6) is 0 Å². The quantitative estimate of drug-likeness (QED) is 0.643. The lowest BCUT2D eigenvalue weighted by atomic mass is 10.2. The first-order valence-electron chi connectivity index (χ1n) is 4.98. The minimum atomic E-state index is -0.669. The van der Waals surface area contributed by atoms with E-state index in [4.69, 9.17) is 11.5 Å². The van der Waals surface area contributed by atoms with E-state index in [-0.39, 0.29) is 11.5 Å². The van der Waals surface area contributed by atoms with E-state index in [0.29, 0.717) is 5.69 Å². The molecule has 6 heteroatoms. The van der Waals surface area contributed by atoms with Crippen molar-refractivity contribution in [3.8, 4) is 5.69 Å². The van der Waals surface area contributed by atoms with Crippen LogP contribution in [0.4, 0.5) is 11.5 Å². The number of rotatable bonds is 1. The van der Waals surface area contributed by atoms with Gasteiger partial charge in [0.1, 0.15) is 11.5 Å². The highest BCUT2D eigenvalue weighted by atomic mass is 16.2. The van der Waals surface area contributed by atoms with E-state index in [1.807, 2.05) is 19.1 Å². The second kappa shape index (κ2) is 3.82. The molecule has 0 unspecified atom stereocenters. The number of para-hydroxylation sites is 1. The monoisotopic (exact) mass is 232 g/mol. The minimum absolute atomic E-state index is 0.0481. The van der Waals surface area contributed by atoms with E-state index in [1.165, 1.54) is 4.57 Å². The summed E-state index contributed by atoms with van der Waals surface area (Å²) in [6.45, 7) is 1.84. The number of aryl methyl sites for hydroxylation is 1. The summed E-state index contributed by atoms with van der Waals surface area (Å²) < 4.78 is 1.19. The van der Waals surface area contributed by atoms with Gasteiger partial charge in [-0.2, -0.15) is 0 Å². The number of nitrogens with two attached hydrogens (primary N) is 2. The van der Waals surface area contributed by atoms with Crippen LogP contribution in [0.15, 0.2) is 33.9 Å². The first kappa shape index (κ1) is 11.0. The minimum Gasteiger partial charge on any atom is -0.391 e. The zero-order valence-electron chi connectivity index (χ0n) is 9.23. The van der Waals surface area contributed by atoms with E-state index in [0.717, 1.165) is 5.56 Å². The number of hydrogen-bond acceptors (Lipinski definition) is 4. The van der Waals surface area contributed by atoms with E-state index >= 15 is 0 Å². The van der Waals surface area contributed by atoms with E-state index in [9.17, 15) is 9.59 Å². The summed E-state index contributed by atoms with van der Waals surface area (Å²) in [6, 6.07) is 7.18. The van der Waals surface area contributed by atoms with Crippen LogP contribution in [-0.2, 0) is 0 Å². The highest BCUT2D eigenvalue weighted by molar-refractivity contribution is 5.60. The molecular weight excluding hydrogens is 220 g/mol. The average Bonchev–Trinajstić information content (AvgIpc) is 2.29. The molecule has 0 aliphatic carbocycles. The van der Waals surface area contributed by atoms with E-state index in [1.54, 1.807) is 12.1 Å². The van der Waals surface area contributed by atoms with Crippen molar-refractivity contribution in [2.24, 2.45) is 0 Å². The Bertz CT molecular complexity index is 685. The number of nitrogens with one attached hydrogen (secondary N) is 1. The Morgan fingerprint density at radius 2 is 1.82 bits per heavy atom. The van der Waals surface area contributed by atoms with Crippen molar-refractivity contribution in [3.05, 3.63) is 50.7 Å². The van der Waals surface area contributed by atoms with Crippen LogP contribution in [0.2, 0.25) is 0 Å². The third-order valence-electron chi connectivity index (χ3n) is 2.54. The molecule has 0 atom stereocenters. The van der Waals surface area contributed by atoms with Crippen molar-refractivity contribution >= 4 is 11.5 Å². The van der Waals surface area contributed by atoms with Crippen molar-refractivity contribution < 1.29 is 0 Å². The fourth-order valence-electron chi connectivity index (χ4n) is 1.62. The van der Waals surface area contributed by atoms with Crippen LogP contribution in [0.1, 0.15) is 5.56 Å². The predicted molar refractivity (Wildman–Crippen MR) is 66.2 cm³/mol. The second-order valence-corrected chi connectivity index (χ2v) is 3.68. The fourth-order valence-corrected chi connectivity index (χ4v) is 1.62. The number of nitrogens with zero attached hydrogens (tertiary/aromatic N) is 1. The molecular formula is C11H12N4O2. The van der Waals surface area contributed by atoms with Gasteiger partial charge < -0.3 is 11.5 Å². The summed E-state index contributed by atoms with van der Waals surface area (Å²) in [4.78, 5) is 25.1. The molecule has 1 heterocycles. The Kier molecular flexibility index (Phi) is 2.47. The van der Waals surface area contributed by atoms with Crippen LogP contribution >= 0.6 is 0 Å². The highest BCUT2D eigenvalue weighted by Gasteiger charge is 2.11. The van der Waals surface area contributed by atoms with Crippen LogP contribution in [0, 0.1) is 6.92 Å². The van der Waals surface area contributed by atoms with Gasteiger partial charge in [-0.1, -0.05) is 18.2 Å². The molecule has 6 nitrogen and oxygen atoms in total. The molecule has 0 aliphatic heterocycles. The van der Waals surface area contributed by atoms with Gasteiger partial charge in [0.15, 0.2) is 0 Å². The number of aromatic nitrogens is 2. The lowest BCUT2D eigenvalue weighted by Crippen LogP contribution is -2.33. The maximum atomic E-state index is 11.7. The standard InChI is InChI=1S/C11H12N4O2/c1-6-4-2-3-5-7(6)15-9(13)8(12)10(16)14-11(15)17/h2-5H,12-13H2,1H3,(H,14,16,17). The normalized spacial score (nSPS) is 10.4. The van der Waals surface area contributed by atoms with Crippen molar-refractivity contribution in [2.75, 3.05) is 11.5 Å². The molecule has 1 aromatic heterocycles. The molecule has 0 fully saturated rings. The molecule has 0 radical (unpaired) electrons. The fraction of sp³-hybridized carbons (Fsp3) is 0.0909. The number of anilines is 2. The van der Waals surface area contributed by atoms with Gasteiger partial charge in [0.05, 0.1) is 5.69 Å². The molecule has 5 N–H and O–H groups in total. The Balaban J connectivity index is 2.87. The third-order valence-corrected chi connectivity index (χ3v) is 2.54. The maximum absolute atomic E-state index is 11.7. The summed E-state index contributed by atoms with van der Waals surface area (Å²) in [5.41, 5.74) is 11.2. The molecule has 0 saturated heterocycles. The molecule has 0 spiro atoms. The van der Waals surface area contributed by atoms with Gasteiger partial charge in [0.25, 0.3) is 5.56 Å². The molecule has 1 aromatic carbocycles. The summed E-state index contributed by atoms with van der Waals surface area (Å²) in [5.74, 6) is -0.0481. The molecule has 0 saturated carbocycles. The van der Waals surface area contributed by atoms with E-state index in [2.05, 4.69) is 4.98 Å².